The number of ether oxygens (including phenoxy) is 1. The summed E-state index contributed by atoms with van der Waals surface area (Å²) < 4.78 is 115. The number of benzene rings is 2. The number of para-hydroxylation sites is 1. The summed E-state index contributed by atoms with van der Waals surface area (Å²) in [7, 11) is -4.95. The number of hydrogen-bond acceptors (Lipinski definition) is 5. The van der Waals surface area contributed by atoms with Crippen LogP contribution in [0.2, 0.25) is 0 Å². The molecule has 2 fully saturated rings. The molecule has 0 unspecified atom stereocenters. The van der Waals surface area contributed by atoms with Gasteiger partial charge in [0.1, 0.15) is 17.2 Å². The van der Waals surface area contributed by atoms with Gasteiger partial charge in [-0.25, -0.2) is 13.2 Å². The van der Waals surface area contributed by atoms with Crippen LogP contribution in [0.15, 0.2) is 47.4 Å². The largest absolute Gasteiger partial charge is 0.493 e. The van der Waals surface area contributed by atoms with E-state index < -0.39 is 87.0 Å². The molecule has 1 saturated carbocycles. The second-order valence-corrected chi connectivity index (χ2v) is 11.6. The van der Waals surface area contributed by atoms with Crippen molar-refractivity contribution in [2.24, 2.45) is 5.41 Å². The number of carbonyl (C=O) groups is 2. The van der Waals surface area contributed by atoms with E-state index in [1.807, 2.05) is 0 Å². The van der Waals surface area contributed by atoms with Crippen LogP contribution >= 0.6 is 0 Å². The van der Waals surface area contributed by atoms with Crippen molar-refractivity contribution in [2.45, 2.75) is 54.7 Å². The number of sulfone groups is 1. The summed E-state index contributed by atoms with van der Waals surface area (Å²) in [5, 5.41) is 7.66. The first-order chi connectivity index (χ1) is 18.0. The Kier molecular flexibility index (Phi) is 7.15. The Morgan fingerprint density at radius 2 is 1.72 bits per heavy atom. The zero-order chi connectivity index (χ0) is 29.0. The number of aliphatic carboxylic acids is 1. The smallest absolute Gasteiger partial charge is 0.417 e. The van der Waals surface area contributed by atoms with E-state index in [0.29, 0.717) is 11.0 Å². The van der Waals surface area contributed by atoms with Gasteiger partial charge in [-0.15, -0.1) is 0 Å². The third-order valence-electron chi connectivity index (χ3n) is 7.04. The molecule has 2 aromatic rings. The van der Waals surface area contributed by atoms with E-state index in [4.69, 9.17) is 4.74 Å². The molecule has 0 spiro atoms. The molecular formula is C25H23F6NO6S. The van der Waals surface area contributed by atoms with E-state index in [2.05, 4.69) is 0 Å². The van der Waals surface area contributed by atoms with Crippen LogP contribution < -0.4 is 4.74 Å². The Labute approximate surface area is 219 Å². The molecule has 0 radical (unpaired) electrons. The van der Waals surface area contributed by atoms with E-state index >= 15 is 0 Å². The van der Waals surface area contributed by atoms with Crippen molar-refractivity contribution in [3.8, 4) is 16.9 Å². The predicted molar refractivity (Wildman–Crippen MR) is 124 cm³/mol. The molecule has 4 rings (SSSR count). The molecule has 1 aliphatic carbocycles. The fourth-order valence-electron chi connectivity index (χ4n) is 4.83. The Morgan fingerprint density at radius 3 is 2.26 bits per heavy atom. The summed E-state index contributed by atoms with van der Waals surface area (Å²) in [6, 6.07) is 6.73. The van der Waals surface area contributed by atoms with Crippen LogP contribution in [0.3, 0.4) is 0 Å². The summed E-state index contributed by atoms with van der Waals surface area (Å²) in [5.41, 5.74) is -4.08. The average Bonchev–Trinajstić information content (AvgIpc) is 3.55. The minimum atomic E-state index is -5.16. The number of likely N-dealkylation sites (tertiary alicyclic amines) is 1. The quantitative estimate of drug-likeness (QED) is 0.467. The van der Waals surface area contributed by atoms with Crippen molar-refractivity contribution in [3.63, 3.8) is 0 Å². The molecule has 1 N–H and O–H groups in total. The highest BCUT2D eigenvalue weighted by molar-refractivity contribution is 7.92. The Balaban J connectivity index is 1.74. The first-order valence-electron chi connectivity index (χ1n) is 11.8. The second kappa shape index (κ2) is 9.72. The van der Waals surface area contributed by atoms with E-state index in [1.165, 1.54) is 12.1 Å². The maximum absolute atomic E-state index is 14.1. The summed E-state index contributed by atoms with van der Waals surface area (Å²) in [6.07, 6.45) is -12.2. The number of carbonyl (C=O) groups excluding carboxylic acids is 1. The summed E-state index contributed by atoms with van der Waals surface area (Å²) >= 11 is 0. The number of amides is 1. The summed E-state index contributed by atoms with van der Waals surface area (Å²) in [6.45, 7) is 0.905. The number of carboxylic acids is 1. The van der Waals surface area contributed by atoms with Gasteiger partial charge in [-0.2, -0.15) is 26.3 Å². The summed E-state index contributed by atoms with van der Waals surface area (Å²) in [5.74, 6) is -3.08. The number of hydrogen-bond donors (Lipinski definition) is 1. The second-order valence-electron chi connectivity index (χ2n) is 9.43. The first-order valence-corrected chi connectivity index (χ1v) is 13.4. The molecule has 1 saturated heterocycles. The number of alkyl halides is 6. The van der Waals surface area contributed by atoms with Crippen molar-refractivity contribution in [3.05, 3.63) is 48.0 Å². The van der Waals surface area contributed by atoms with Gasteiger partial charge in [-0.05, 0) is 49.9 Å². The molecule has 7 nitrogen and oxygen atoms in total. The van der Waals surface area contributed by atoms with Crippen LogP contribution in [-0.4, -0.2) is 60.9 Å². The van der Waals surface area contributed by atoms with E-state index in [-0.39, 0.29) is 23.5 Å². The molecule has 212 valence electrons. The Hall–Kier alpha value is -3.29. The fourth-order valence-corrected chi connectivity index (χ4v) is 6.72. The van der Waals surface area contributed by atoms with Crippen LogP contribution in [0.5, 0.6) is 5.75 Å². The highest BCUT2D eigenvalue weighted by atomic mass is 32.2. The molecule has 1 amide bonds. The van der Waals surface area contributed by atoms with Gasteiger partial charge < -0.3 is 14.7 Å². The van der Waals surface area contributed by atoms with Crippen molar-refractivity contribution >= 4 is 21.7 Å². The van der Waals surface area contributed by atoms with Crippen molar-refractivity contribution < 1.29 is 54.2 Å². The lowest BCUT2D eigenvalue weighted by atomic mass is 10.0. The molecule has 1 heterocycles. The molecular weight excluding hydrogens is 556 g/mol. The van der Waals surface area contributed by atoms with Gasteiger partial charge in [-0.3, -0.25) is 4.79 Å². The standard InChI is InChI=1S/C25H23F6NO6S/c1-2-38-19-6-4-3-5-16(19)14-7-8-20(17(11-14)24(26,27)28)39(36,37)15-12-18(21(33)34)32(13-15)22(35)23(9-10-23)25(29,30)31/h3-8,11,15,18H,2,9-10,12-13H2,1H3,(H,33,34)/t15-,18+/m1/s1. The topological polar surface area (TPSA) is 101 Å². The zero-order valence-electron chi connectivity index (χ0n) is 20.3. The lowest BCUT2D eigenvalue weighted by molar-refractivity contribution is -0.199. The molecule has 2 aromatic carbocycles. The molecule has 1 aliphatic heterocycles. The number of halogens is 6. The predicted octanol–water partition coefficient (Wildman–Crippen LogP) is 4.94. The van der Waals surface area contributed by atoms with Crippen molar-refractivity contribution in [1.82, 2.24) is 4.90 Å². The number of nitrogens with zero attached hydrogens (tertiary/aromatic N) is 1. The van der Waals surface area contributed by atoms with Gasteiger partial charge in [0.15, 0.2) is 9.84 Å². The van der Waals surface area contributed by atoms with Crippen molar-refractivity contribution in [2.75, 3.05) is 13.2 Å². The highest BCUT2D eigenvalue weighted by Gasteiger charge is 2.70. The van der Waals surface area contributed by atoms with Crippen LogP contribution in [0.1, 0.15) is 31.7 Å². The van der Waals surface area contributed by atoms with Crippen molar-refractivity contribution in [1.29, 1.82) is 0 Å². The molecule has 14 heteroatoms. The molecule has 0 aromatic heterocycles. The molecule has 2 atom stereocenters. The van der Waals surface area contributed by atoms with Crippen LogP contribution in [0.4, 0.5) is 26.3 Å². The maximum atomic E-state index is 14.1. The normalized spacial score (nSPS) is 21.1. The van der Waals surface area contributed by atoms with Crippen LogP contribution in [0, 0.1) is 5.41 Å². The lowest BCUT2D eigenvalue weighted by Crippen LogP contribution is -2.48. The molecule has 0 bridgehead atoms. The molecule has 2 aliphatic rings. The number of carboxylic acid groups (broad SMARTS) is 1. The first kappa shape index (κ1) is 28.7. The minimum Gasteiger partial charge on any atom is -0.493 e. The van der Waals surface area contributed by atoms with Gasteiger partial charge in [-0.1, -0.05) is 24.3 Å². The fraction of sp³-hybridized carbons (Fsp3) is 0.440. The maximum Gasteiger partial charge on any atom is 0.417 e. The third kappa shape index (κ3) is 5.06. The van der Waals surface area contributed by atoms with Crippen LogP contribution in [-0.2, 0) is 25.6 Å². The van der Waals surface area contributed by atoms with E-state index in [0.717, 1.165) is 12.1 Å². The van der Waals surface area contributed by atoms with E-state index in [1.54, 1.807) is 19.1 Å². The van der Waals surface area contributed by atoms with Gasteiger partial charge in [0.25, 0.3) is 0 Å². The molecule has 39 heavy (non-hydrogen) atoms. The highest BCUT2D eigenvalue weighted by Crippen LogP contribution is 2.59. The van der Waals surface area contributed by atoms with Gasteiger partial charge >= 0.3 is 18.3 Å². The van der Waals surface area contributed by atoms with Gasteiger partial charge in [0.05, 0.1) is 22.3 Å². The third-order valence-corrected chi connectivity index (χ3v) is 9.23. The summed E-state index contributed by atoms with van der Waals surface area (Å²) in [4.78, 5) is 23.7. The van der Waals surface area contributed by atoms with E-state index in [9.17, 15) is 49.5 Å². The Bertz CT molecular complexity index is 1400. The van der Waals surface area contributed by atoms with Crippen LogP contribution in [0.25, 0.3) is 11.1 Å². The minimum absolute atomic E-state index is 0.00202. The Morgan fingerprint density at radius 1 is 1.08 bits per heavy atom. The van der Waals surface area contributed by atoms with Gasteiger partial charge in [0, 0.05) is 12.1 Å². The van der Waals surface area contributed by atoms with Gasteiger partial charge in [0.2, 0.25) is 5.91 Å². The SMILES string of the molecule is CCOc1ccccc1-c1ccc(S(=O)(=O)[C@@H]2C[C@@H](C(=O)O)N(C(=O)C3(C(F)(F)F)CC3)C2)c(C(F)(F)F)c1. The monoisotopic (exact) mass is 579 g/mol. The zero-order valence-corrected chi connectivity index (χ0v) is 21.2. The number of rotatable bonds is 7. The lowest BCUT2D eigenvalue weighted by Gasteiger charge is -2.28. The average molecular weight is 580 g/mol.